The Morgan fingerprint density at radius 1 is 1.59 bits per heavy atom. The minimum absolute atomic E-state index is 0.0402. The molecule has 6 heteroatoms. The van der Waals surface area contributed by atoms with E-state index < -0.39 is 0 Å². The zero-order valence-corrected chi connectivity index (χ0v) is 14.5. The van der Waals surface area contributed by atoms with Crippen LogP contribution >= 0.6 is 0 Å². The molecule has 1 fully saturated rings. The highest BCUT2D eigenvalue weighted by atomic mass is 16.5. The lowest BCUT2D eigenvalue weighted by Crippen LogP contribution is -2.54. The molecule has 0 radical (unpaired) electrons. The minimum atomic E-state index is -0.315. The number of carbonyl (C=O) groups excluding carboxylic acids is 1. The number of anilines is 1. The van der Waals surface area contributed by atoms with Crippen molar-refractivity contribution < 1.29 is 9.53 Å². The topological polar surface area (TPSA) is 59.4 Å². The summed E-state index contributed by atoms with van der Waals surface area (Å²) in [5, 5.41) is 7.37. The van der Waals surface area contributed by atoms with E-state index in [0.29, 0.717) is 19.1 Å². The Balaban J connectivity index is 2.08. The first-order chi connectivity index (χ1) is 10.2. The van der Waals surface area contributed by atoms with Crippen molar-refractivity contribution in [1.29, 1.82) is 0 Å². The van der Waals surface area contributed by atoms with Gasteiger partial charge in [-0.2, -0.15) is 5.10 Å². The van der Waals surface area contributed by atoms with Gasteiger partial charge in [-0.1, -0.05) is 6.92 Å². The molecule has 1 N–H and O–H groups in total. The van der Waals surface area contributed by atoms with Crippen molar-refractivity contribution in [3.8, 4) is 0 Å². The third kappa shape index (κ3) is 3.61. The Bertz CT molecular complexity index is 538. The van der Waals surface area contributed by atoms with E-state index in [1.807, 2.05) is 37.3 Å². The highest BCUT2D eigenvalue weighted by Crippen LogP contribution is 2.23. The fourth-order valence-corrected chi connectivity index (χ4v) is 2.97. The van der Waals surface area contributed by atoms with Crippen LogP contribution < -0.4 is 5.32 Å². The van der Waals surface area contributed by atoms with Gasteiger partial charge in [-0.15, -0.1) is 0 Å². The van der Waals surface area contributed by atoms with Gasteiger partial charge in [-0.3, -0.25) is 4.68 Å². The molecule has 2 heterocycles. The molecule has 0 aromatic carbocycles. The summed E-state index contributed by atoms with van der Waals surface area (Å²) in [6, 6.07) is 0.239. The molecule has 2 rings (SSSR count). The van der Waals surface area contributed by atoms with Crippen molar-refractivity contribution in [2.75, 3.05) is 18.4 Å². The number of morpholine rings is 1. The normalized spacial score (nSPS) is 22.5. The van der Waals surface area contributed by atoms with Crippen molar-refractivity contribution in [3.05, 3.63) is 11.9 Å². The van der Waals surface area contributed by atoms with E-state index in [4.69, 9.17) is 4.74 Å². The monoisotopic (exact) mass is 308 g/mol. The van der Waals surface area contributed by atoms with Crippen LogP contribution in [0.3, 0.4) is 0 Å². The van der Waals surface area contributed by atoms with E-state index in [1.54, 1.807) is 6.20 Å². The second-order valence-electron chi connectivity index (χ2n) is 6.84. The van der Waals surface area contributed by atoms with E-state index >= 15 is 0 Å². The lowest BCUT2D eigenvalue weighted by Gasteiger charge is -2.41. The maximum atomic E-state index is 12.5. The zero-order chi connectivity index (χ0) is 16.5. The Labute approximate surface area is 132 Å². The summed E-state index contributed by atoms with van der Waals surface area (Å²) >= 11 is 0. The molecule has 6 nitrogen and oxygen atoms in total. The fraction of sp³-hybridized carbons (Fsp3) is 0.750. The van der Waals surface area contributed by atoms with Gasteiger partial charge in [0.05, 0.1) is 35.8 Å². The van der Waals surface area contributed by atoms with Gasteiger partial charge in [0.2, 0.25) is 0 Å². The van der Waals surface area contributed by atoms with E-state index in [9.17, 15) is 4.79 Å². The molecule has 0 spiro atoms. The molecule has 0 unspecified atom stereocenters. The first kappa shape index (κ1) is 16.8. The van der Waals surface area contributed by atoms with Crippen LogP contribution in [-0.2, 0) is 4.74 Å². The number of nitrogens with one attached hydrogen (secondary N) is 1. The number of amides is 2. The summed E-state index contributed by atoms with van der Waals surface area (Å²) in [4.78, 5) is 14.3. The van der Waals surface area contributed by atoms with Gasteiger partial charge in [0.25, 0.3) is 0 Å². The third-order valence-electron chi connectivity index (χ3n) is 4.15. The average molecular weight is 308 g/mol. The number of carbonyl (C=O) groups is 1. The quantitative estimate of drug-likeness (QED) is 0.933. The second-order valence-corrected chi connectivity index (χ2v) is 6.84. The molecule has 0 saturated carbocycles. The van der Waals surface area contributed by atoms with Crippen LogP contribution in [0.4, 0.5) is 10.5 Å². The second kappa shape index (κ2) is 6.28. The van der Waals surface area contributed by atoms with Crippen LogP contribution in [0.25, 0.3) is 0 Å². The van der Waals surface area contributed by atoms with Crippen molar-refractivity contribution in [2.45, 2.75) is 65.7 Å². The van der Waals surface area contributed by atoms with Crippen LogP contribution in [0.15, 0.2) is 6.20 Å². The van der Waals surface area contributed by atoms with E-state index in [2.05, 4.69) is 24.3 Å². The molecule has 1 saturated heterocycles. The molecule has 22 heavy (non-hydrogen) atoms. The predicted molar refractivity (Wildman–Crippen MR) is 87.2 cm³/mol. The fourth-order valence-electron chi connectivity index (χ4n) is 2.97. The number of urea groups is 1. The van der Waals surface area contributed by atoms with Gasteiger partial charge < -0.3 is 15.0 Å². The number of rotatable bonds is 3. The molecular formula is C16H28N4O2. The summed E-state index contributed by atoms with van der Waals surface area (Å²) in [5.41, 5.74) is 1.45. The minimum Gasteiger partial charge on any atom is -0.369 e. The Kier molecular flexibility index (Phi) is 4.80. The lowest BCUT2D eigenvalue weighted by molar-refractivity contribution is -0.116. The summed E-state index contributed by atoms with van der Waals surface area (Å²) in [6.07, 6.45) is 2.78. The number of hydrogen-bond acceptors (Lipinski definition) is 3. The summed E-state index contributed by atoms with van der Waals surface area (Å²) < 4.78 is 7.80. The van der Waals surface area contributed by atoms with Crippen molar-refractivity contribution in [1.82, 2.24) is 14.7 Å². The molecule has 0 aliphatic carbocycles. The highest BCUT2D eigenvalue weighted by molar-refractivity contribution is 5.89. The molecule has 2 atom stereocenters. The smallest absolute Gasteiger partial charge is 0.322 e. The SMILES string of the molecule is CC[C@H](C)n1ncc(NC(=O)N2C[C@H](C)OC(C)(C)C2)c1C. The van der Waals surface area contributed by atoms with E-state index in [-0.39, 0.29) is 17.7 Å². The molecule has 1 aliphatic rings. The Morgan fingerprint density at radius 2 is 2.27 bits per heavy atom. The Hall–Kier alpha value is -1.56. The van der Waals surface area contributed by atoms with Crippen LogP contribution in [0.2, 0.25) is 0 Å². The van der Waals surface area contributed by atoms with E-state index in [0.717, 1.165) is 17.8 Å². The molecule has 1 aliphatic heterocycles. The van der Waals surface area contributed by atoms with Gasteiger partial charge in [0.1, 0.15) is 0 Å². The predicted octanol–water partition coefficient (Wildman–Crippen LogP) is 3.19. The van der Waals surface area contributed by atoms with Gasteiger partial charge in [0, 0.05) is 12.6 Å². The van der Waals surface area contributed by atoms with Crippen LogP contribution in [0.1, 0.15) is 52.8 Å². The molecule has 0 bridgehead atoms. The first-order valence-corrected chi connectivity index (χ1v) is 8.01. The lowest BCUT2D eigenvalue weighted by atomic mass is 10.1. The first-order valence-electron chi connectivity index (χ1n) is 8.01. The zero-order valence-electron chi connectivity index (χ0n) is 14.5. The number of ether oxygens (including phenoxy) is 1. The maximum absolute atomic E-state index is 12.5. The average Bonchev–Trinajstić information content (AvgIpc) is 2.77. The maximum Gasteiger partial charge on any atom is 0.322 e. The largest absolute Gasteiger partial charge is 0.369 e. The number of hydrogen-bond donors (Lipinski definition) is 1. The summed E-state index contributed by atoms with van der Waals surface area (Å²) in [7, 11) is 0. The molecule has 2 amide bonds. The van der Waals surface area contributed by atoms with Crippen LogP contribution in [0.5, 0.6) is 0 Å². The van der Waals surface area contributed by atoms with Crippen LogP contribution in [0, 0.1) is 6.92 Å². The highest BCUT2D eigenvalue weighted by Gasteiger charge is 2.34. The van der Waals surface area contributed by atoms with Gasteiger partial charge in [-0.05, 0) is 41.0 Å². The molecule has 1 aromatic rings. The van der Waals surface area contributed by atoms with E-state index in [1.165, 1.54) is 0 Å². The number of nitrogens with zero attached hydrogens (tertiary/aromatic N) is 3. The van der Waals surface area contributed by atoms with Crippen LogP contribution in [-0.4, -0.2) is 45.5 Å². The van der Waals surface area contributed by atoms with Crippen molar-refractivity contribution in [3.63, 3.8) is 0 Å². The van der Waals surface area contributed by atoms with Gasteiger partial charge in [-0.25, -0.2) is 4.79 Å². The van der Waals surface area contributed by atoms with Gasteiger partial charge >= 0.3 is 6.03 Å². The molecule has 1 aromatic heterocycles. The van der Waals surface area contributed by atoms with Crippen molar-refractivity contribution >= 4 is 11.7 Å². The standard InChI is InChI=1S/C16H28N4O2/c1-7-11(2)20-13(4)14(8-17-20)18-15(21)19-9-12(3)22-16(5,6)10-19/h8,11-12H,7,9-10H2,1-6H3,(H,18,21)/t11-,12-/m0/s1. The molecule has 124 valence electrons. The number of aromatic nitrogens is 2. The Morgan fingerprint density at radius 3 is 2.86 bits per heavy atom. The summed E-state index contributed by atoms with van der Waals surface area (Å²) in [6.45, 7) is 13.4. The van der Waals surface area contributed by atoms with Crippen molar-refractivity contribution in [2.24, 2.45) is 0 Å². The molecular weight excluding hydrogens is 280 g/mol. The third-order valence-corrected chi connectivity index (χ3v) is 4.15. The van der Waals surface area contributed by atoms with Gasteiger partial charge in [0.15, 0.2) is 0 Å². The summed E-state index contributed by atoms with van der Waals surface area (Å²) in [5.74, 6) is 0.